The molecule has 0 N–H and O–H groups in total. The van der Waals surface area contributed by atoms with E-state index in [4.69, 9.17) is 21.1 Å². The van der Waals surface area contributed by atoms with Crippen LogP contribution in [-0.2, 0) is 14.3 Å². The minimum atomic E-state index is -0.672. The first-order valence-corrected chi connectivity index (χ1v) is 7.57. The molecule has 1 rings (SSSR count). The Kier molecular flexibility index (Phi) is 7.12. The van der Waals surface area contributed by atoms with Gasteiger partial charge in [0.25, 0.3) is 5.69 Å². The molecule has 0 fully saturated rings. The maximum Gasteiger partial charge on any atom is 0.311 e. The fourth-order valence-electron chi connectivity index (χ4n) is 1.57. The van der Waals surface area contributed by atoms with Crippen LogP contribution in [0.5, 0.6) is 5.75 Å². The molecular formula is C15H20ClN2O6+. The van der Waals surface area contributed by atoms with E-state index in [1.165, 1.54) is 12.1 Å². The van der Waals surface area contributed by atoms with Gasteiger partial charge in [0.15, 0.2) is 0 Å². The first-order valence-electron chi connectivity index (χ1n) is 7.19. The maximum atomic E-state index is 11.7. The number of ether oxygens (including phenoxy) is 2. The van der Waals surface area contributed by atoms with Crippen molar-refractivity contribution in [2.45, 2.75) is 12.8 Å². The quantitative estimate of drug-likeness (QED) is 0.232. The van der Waals surface area contributed by atoms with Gasteiger partial charge >= 0.3 is 11.9 Å². The van der Waals surface area contributed by atoms with E-state index in [0.717, 1.165) is 6.07 Å². The van der Waals surface area contributed by atoms with E-state index in [-0.39, 0.29) is 35.9 Å². The standard InChI is InChI=1S/C15H20ClN2O6/c1-18(2,3)8-9-23-14(19)6-7-15(20)24-13-5-4-11(17(21)22)10-12(13)16/h4-5,10H,6-9H2,1-3H3/q+1. The van der Waals surface area contributed by atoms with Crippen molar-refractivity contribution in [3.05, 3.63) is 33.3 Å². The van der Waals surface area contributed by atoms with Gasteiger partial charge < -0.3 is 14.0 Å². The number of nitro groups is 1. The summed E-state index contributed by atoms with van der Waals surface area (Å²) in [5.41, 5.74) is -0.208. The van der Waals surface area contributed by atoms with Crippen LogP contribution in [-0.4, -0.2) is 55.6 Å². The molecule has 0 spiro atoms. The predicted molar refractivity (Wildman–Crippen MR) is 86.8 cm³/mol. The molecule has 0 unspecified atom stereocenters. The van der Waals surface area contributed by atoms with Crippen molar-refractivity contribution in [1.29, 1.82) is 0 Å². The zero-order chi connectivity index (χ0) is 18.3. The van der Waals surface area contributed by atoms with Crippen LogP contribution in [0.25, 0.3) is 0 Å². The van der Waals surface area contributed by atoms with Crippen LogP contribution >= 0.6 is 11.6 Å². The second-order valence-corrected chi connectivity index (χ2v) is 6.49. The first-order chi connectivity index (χ1) is 11.1. The Labute approximate surface area is 144 Å². The lowest BCUT2D eigenvalue weighted by atomic mass is 10.3. The number of rotatable bonds is 8. The van der Waals surface area contributed by atoms with E-state index in [1.54, 1.807) is 0 Å². The topological polar surface area (TPSA) is 95.7 Å². The molecule has 0 aliphatic heterocycles. The van der Waals surface area contributed by atoms with Gasteiger partial charge in [0.05, 0.1) is 43.9 Å². The number of carbonyl (C=O) groups is 2. The molecule has 0 heterocycles. The van der Waals surface area contributed by atoms with E-state index >= 15 is 0 Å². The first kappa shape index (κ1) is 19.9. The second kappa shape index (κ2) is 8.60. The van der Waals surface area contributed by atoms with Gasteiger partial charge in [-0.15, -0.1) is 0 Å². The summed E-state index contributed by atoms with van der Waals surface area (Å²) in [7, 11) is 5.91. The average molecular weight is 360 g/mol. The largest absolute Gasteiger partial charge is 0.460 e. The summed E-state index contributed by atoms with van der Waals surface area (Å²) in [6.07, 6.45) is -0.281. The molecule has 0 aromatic heterocycles. The lowest BCUT2D eigenvalue weighted by molar-refractivity contribution is -0.870. The third-order valence-electron chi connectivity index (χ3n) is 2.91. The number of nitrogens with zero attached hydrogens (tertiary/aromatic N) is 2. The van der Waals surface area contributed by atoms with E-state index in [9.17, 15) is 19.7 Å². The summed E-state index contributed by atoms with van der Waals surface area (Å²) in [6, 6.07) is 3.49. The average Bonchev–Trinajstić information content (AvgIpc) is 2.45. The minimum absolute atomic E-state index is 0.00525. The number of hydrogen-bond donors (Lipinski definition) is 0. The normalized spacial score (nSPS) is 11.0. The number of hydrogen-bond acceptors (Lipinski definition) is 6. The van der Waals surface area contributed by atoms with Gasteiger partial charge in [-0.2, -0.15) is 0 Å². The Hall–Kier alpha value is -2.19. The van der Waals surface area contributed by atoms with Crippen molar-refractivity contribution in [3.8, 4) is 5.75 Å². The van der Waals surface area contributed by atoms with Crippen molar-refractivity contribution in [2.24, 2.45) is 0 Å². The van der Waals surface area contributed by atoms with Crippen molar-refractivity contribution in [3.63, 3.8) is 0 Å². The lowest BCUT2D eigenvalue weighted by Crippen LogP contribution is -2.38. The number of esters is 2. The third kappa shape index (κ3) is 7.38. The highest BCUT2D eigenvalue weighted by atomic mass is 35.5. The number of benzene rings is 1. The fraction of sp³-hybridized carbons (Fsp3) is 0.467. The molecule has 0 atom stereocenters. The van der Waals surface area contributed by atoms with E-state index in [1.807, 2.05) is 21.1 Å². The molecule has 0 aliphatic carbocycles. The van der Waals surface area contributed by atoms with Crippen LogP contribution in [0.2, 0.25) is 5.02 Å². The number of non-ortho nitro benzene ring substituents is 1. The number of halogens is 1. The summed E-state index contributed by atoms with van der Waals surface area (Å²) >= 11 is 5.82. The van der Waals surface area contributed by atoms with Crippen molar-refractivity contribution in [1.82, 2.24) is 0 Å². The number of quaternary nitrogens is 1. The zero-order valence-electron chi connectivity index (χ0n) is 13.8. The number of likely N-dealkylation sites (N-methyl/N-ethyl adjacent to an activating group) is 1. The Morgan fingerprint density at radius 3 is 2.38 bits per heavy atom. The van der Waals surface area contributed by atoms with Gasteiger partial charge in [0.1, 0.15) is 18.9 Å². The van der Waals surface area contributed by atoms with Gasteiger partial charge in [-0.3, -0.25) is 19.7 Å². The van der Waals surface area contributed by atoms with E-state index in [0.29, 0.717) is 11.0 Å². The van der Waals surface area contributed by atoms with Gasteiger partial charge in [-0.1, -0.05) is 11.6 Å². The van der Waals surface area contributed by atoms with Gasteiger partial charge in [-0.25, -0.2) is 0 Å². The smallest absolute Gasteiger partial charge is 0.311 e. The Morgan fingerprint density at radius 1 is 1.21 bits per heavy atom. The highest BCUT2D eigenvalue weighted by Crippen LogP contribution is 2.28. The molecule has 9 heteroatoms. The second-order valence-electron chi connectivity index (χ2n) is 6.08. The summed E-state index contributed by atoms with van der Waals surface area (Å²) in [5, 5.41) is 10.5. The Balaban J connectivity index is 2.41. The van der Waals surface area contributed by atoms with Crippen LogP contribution in [0.3, 0.4) is 0 Å². The van der Waals surface area contributed by atoms with Gasteiger partial charge in [0, 0.05) is 12.1 Å². The SMILES string of the molecule is C[N+](C)(C)CCOC(=O)CCC(=O)Oc1ccc([N+](=O)[O-])cc1Cl. The summed E-state index contributed by atoms with van der Waals surface area (Å²) < 4.78 is 10.7. The van der Waals surface area contributed by atoms with E-state index in [2.05, 4.69) is 0 Å². The van der Waals surface area contributed by atoms with Crippen molar-refractivity contribution < 1.29 is 28.5 Å². The summed E-state index contributed by atoms with van der Waals surface area (Å²) in [4.78, 5) is 33.2. The summed E-state index contributed by atoms with van der Waals surface area (Å²) in [5.74, 6) is -1.16. The molecule has 1 aromatic carbocycles. The highest BCUT2D eigenvalue weighted by Gasteiger charge is 2.15. The molecule has 0 aliphatic rings. The lowest BCUT2D eigenvalue weighted by Gasteiger charge is -2.23. The highest BCUT2D eigenvalue weighted by molar-refractivity contribution is 6.32. The van der Waals surface area contributed by atoms with E-state index < -0.39 is 16.9 Å². The Morgan fingerprint density at radius 2 is 1.83 bits per heavy atom. The van der Waals surface area contributed by atoms with Crippen LogP contribution in [0.15, 0.2) is 18.2 Å². The fourth-order valence-corrected chi connectivity index (χ4v) is 1.78. The molecule has 0 radical (unpaired) electrons. The molecule has 1 aromatic rings. The van der Waals surface area contributed by atoms with Crippen LogP contribution < -0.4 is 4.74 Å². The number of carbonyl (C=O) groups excluding carboxylic acids is 2. The third-order valence-corrected chi connectivity index (χ3v) is 3.20. The molecule has 0 saturated heterocycles. The molecule has 132 valence electrons. The van der Waals surface area contributed by atoms with Crippen LogP contribution in [0, 0.1) is 10.1 Å². The summed E-state index contributed by atoms with van der Waals surface area (Å²) in [6.45, 7) is 0.931. The van der Waals surface area contributed by atoms with Crippen molar-refractivity contribution >= 4 is 29.2 Å². The van der Waals surface area contributed by atoms with Crippen LogP contribution in [0.1, 0.15) is 12.8 Å². The molecule has 0 amide bonds. The minimum Gasteiger partial charge on any atom is -0.460 e. The van der Waals surface area contributed by atoms with Gasteiger partial charge in [0.2, 0.25) is 0 Å². The predicted octanol–water partition coefficient (Wildman–Crippen LogP) is 2.18. The Bertz CT molecular complexity index is 627. The van der Waals surface area contributed by atoms with Crippen LogP contribution in [0.4, 0.5) is 5.69 Å². The molecular weight excluding hydrogens is 340 g/mol. The van der Waals surface area contributed by atoms with Gasteiger partial charge in [-0.05, 0) is 6.07 Å². The molecule has 24 heavy (non-hydrogen) atoms. The monoisotopic (exact) mass is 359 g/mol. The number of nitro benzene ring substituents is 1. The maximum absolute atomic E-state index is 11.7. The zero-order valence-corrected chi connectivity index (χ0v) is 14.5. The molecule has 8 nitrogen and oxygen atoms in total. The van der Waals surface area contributed by atoms with Crippen molar-refractivity contribution in [2.75, 3.05) is 34.3 Å². The molecule has 0 saturated carbocycles. The molecule has 0 bridgehead atoms.